The summed E-state index contributed by atoms with van der Waals surface area (Å²) in [6, 6.07) is 12.9. The number of benzene rings is 2. The van der Waals surface area contributed by atoms with Gasteiger partial charge in [0.1, 0.15) is 6.54 Å². The second kappa shape index (κ2) is 7.11. The van der Waals surface area contributed by atoms with E-state index in [2.05, 4.69) is 36.7 Å². The molecule has 6 nitrogen and oxygen atoms in total. The van der Waals surface area contributed by atoms with Crippen LogP contribution in [0.15, 0.2) is 46.9 Å². The highest BCUT2D eigenvalue weighted by Crippen LogP contribution is 2.23. The number of hydrogen-bond acceptors (Lipinski definition) is 4. The minimum atomic E-state index is -0.250. The lowest BCUT2D eigenvalue weighted by Gasteiger charge is -2.08. The molecule has 1 aromatic heterocycles. The third-order valence-electron chi connectivity index (χ3n) is 3.38. The summed E-state index contributed by atoms with van der Waals surface area (Å²) >= 11 is 9.42. The highest BCUT2D eigenvalue weighted by Gasteiger charge is 2.11. The van der Waals surface area contributed by atoms with Gasteiger partial charge >= 0.3 is 0 Å². The van der Waals surface area contributed by atoms with E-state index in [1.54, 1.807) is 18.2 Å². The van der Waals surface area contributed by atoms with Crippen LogP contribution in [0.25, 0.3) is 11.4 Å². The molecule has 1 N–H and O–H groups in total. The predicted molar refractivity (Wildman–Crippen MR) is 95.8 cm³/mol. The molecule has 0 aliphatic heterocycles. The van der Waals surface area contributed by atoms with E-state index in [0.717, 1.165) is 15.6 Å². The van der Waals surface area contributed by atoms with Gasteiger partial charge in [-0.3, -0.25) is 4.79 Å². The van der Waals surface area contributed by atoms with E-state index in [1.165, 1.54) is 4.80 Å². The lowest BCUT2D eigenvalue weighted by Crippen LogP contribution is -2.21. The molecule has 0 saturated carbocycles. The van der Waals surface area contributed by atoms with Crippen molar-refractivity contribution in [1.29, 1.82) is 0 Å². The number of rotatable bonds is 4. The number of halogens is 2. The number of hydrogen-bond donors (Lipinski definition) is 1. The van der Waals surface area contributed by atoms with Crippen LogP contribution < -0.4 is 5.32 Å². The quantitative estimate of drug-likeness (QED) is 0.717. The standard InChI is InChI=1S/C16H13BrClN5O/c1-10-13(18)3-2-4-14(10)19-15(24)9-23-21-16(20-22-23)11-5-7-12(17)8-6-11/h2-8H,9H2,1H3,(H,19,24). The van der Waals surface area contributed by atoms with Gasteiger partial charge in [0, 0.05) is 20.7 Å². The van der Waals surface area contributed by atoms with Crippen LogP contribution in [0.1, 0.15) is 5.56 Å². The fraction of sp³-hybridized carbons (Fsp3) is 0.125. The van der Waals surface area contributed by atoms with Crippen molar-refractivity contribution in [2.45, 2.75) is 13.5 Å². The lowest BCUT2D eigenvalue weighted by molar-refractivity contribution is -0.117. The molecule has 8 heteroatoms. The van der Waals surface area contributed by atoms with Gasteiger partial charge in [0.25, 0.3) is 0 Å². The van der Waals surface area contributed by atoms with Crippen LogP contribution in [0.3, 0.4) is 0 Å². The predicted octanol–water partition coefficient (Wildman–Crippen LogP) is 3.70. The molecule has 0 aliphatic carbocycles. The average Bonchev–Trinajstić information content (AvgIpc) is 3.01. The first-order valence-electron chi connectivity index (χ1n) is 7.11. The Kier molecular flexibility index (Phi) is 4.92. The number of nitrogens with one attached hydrogen (secondary N) is 1. The van der Waals surface area contributed by atoms with Crippen molar-refractivity contribution in [2.24, 2.45) is 0 Å². The second-order valence-corrected chi connectivity index (χ2v) is 6.43. The van der Waals surface area contributed by atoms with E-state index in [0.29, 0.717) is 16.5 Å². The number of anilines is 1. The van der Waals surface area contributed by atoms with Crippen molar-refractivity contribution < 1.29 is 4.79 Å². The maximum Gasteiger partial charge on any atom is 0.248 e. The third-order valence-corrected chi connectivity index (χ3v) is 4.32. The van der Waals surface area contributed by atoms with Gasteiger partial charge in [-0.1, -0.05) is 33.6 Å². The highest BCUT2D eigenvalue weighted by molar-refractivity contribution is 9.10. The van der Waals surface area contributed by atoms with Crippen molar-refractivity contribution in [2.75, 3.05) is 5.32 Å². The zero-order valence-electron chi connectivity index (χ0n) is 12.7. The van der Waals surface area contributed by atoms with Gasteiger partial charge in [-0.05, 0) is 54.1 Å². The first kappa shape index (κ1) is 16.6. The Morgan fingerprint density at radius 1 is 1.25 bits per heavy atom. The normalized spacial score (nSPS) is 10.6. The zero-order valence-corrected chi connectivity index (χ0v) is 15.0. The molecule has 0 unspecified atom stereocenters. The minimum Gasteiger partial charge on any atom is -0.324 e. The molecule has 24 heavy (non-hydrogen) atoms. The molecule has 122 valence electrons. The fourth-order valence-electron chi connectivity index (χ4n) is 2.09. The van der Waals surface area contributed by atoms with E-state index >= 15 is 0 Å². The second-order valence-electron chi connectivity index (χ2n) is 5.11. The lowest BCUT2D eigenvalue weighted by atomic mass is 10.2. The van der Waals surface area contributed by atoms with Gasteiger partial charge in [0.2, 0.25) is 11.7 Å². The Labute approximate surface area is 152 Å². The summed E-state index contributed by atoms with van der Waals surface area (Å²) in [4.78, 5) is 13.4. The fourth-order valence-corrected chi connectivity index (χ4v) is 2.52. The van der Waals surface area contributed by atoms with Crippen LogP contribution >= 0.6 is 27.5 Å². The summed E-state index contributed by atoms with van der Waals surface area (Å²) in [6.07, 6.45) is 0. The molecule has 0 bridgehead atoms. The van der Waals surface area contributed by atoms with Gasteiger partial charge in [0.15, 0.2) is 0 Å². The summed E-state index contributed by atoms with van der Waals surface area (Å²) in [5, 5.41) is 15.5. The monoisotopic (exact) mass is 405 g/mol. The Bertz CT molecular complexity index is 878. The minimum absolute atomic E-state index is 0.0323. The molecule has 1 amide bonds. The van der Waals surface area contributed by atoms with Gasteiger partial charge in [-0.25, -0.2) is 0 Å². The third kappa shape index (κ3) is 3.80. The Morgan fingerprint density at radius 3 is 2.75 bits per heavy atom. The first-order chi connectivity index (χ1) is 11.5. The average molecular weight is 407 g/mol. The molecule has 0 atom stereocenters. The molecule has 0 radical (unpaired) electrons. The summed E-state index contributed by atoms with van der Waals surface area (Å²) in [6.45, 7) is 1.81. The van der Waals surface area contributed by atoms with Crippen LogP contribution in [0.4, 0.5) is 5.69 Å². The summed E-state index contributed by atoms with van der Waals surface area (Å²) in [5.41, 5.74) is 2.31. The van der Waals surface area contributed by atoms with Crippen molar-refractivity contribution in [1.82, 2.24) is 20.2 Å². The number of amides is 1. The zero-order chi connectivity index (χ0) is 17.1. The van der Waals surface area contributed by atoms with Gasteiger partial charge in [-0.2, -0.15) is 4.80 Å². The number of aromatic nitrogens is 4. The highest BCUT2D eigenvalue weighted by atomic mass is 79.9. The summed E-state index contributed by atoms with van der Waals surface area (Å²) in [7, 11) is 0. The smallest absolute Gasteiger partial charge is 0.248 e. The Hall–Kier alpha value is -2.25. The van der Waals surface area contributed by atoms with Gasteiger partial charge in [-0.15, -0.1) is 10.2 Å². The van der Waals surface area contributed by atoms with Gasteiger partial charge in [0.05, 0.1) is 0 Å². The van der Waals surface area contributed by atoms with Crippen LogP contribution in [-0.4, -0.2) is 26.1 Å². The topological polar surface area (TPSA) is 72.7 Å². The Morgan fingerprint density at radius 2 is 2.00 bits per heavy atom. The van der Waals surface area contributed by atoms with E-state index in [9.17, 15) is 4.79 Å². The van der Waals surface area contributed by atoms with Gasteiger partial charge < -0.3 is 5.32 Å². The molecule has 1 heterocycles. The van der Waals surface area contributed by atoms with Crippen LogP contribution in [-0.2, 0) is 11.3 Å². The van der Waals surface area contributed by atoms with Crippen LogP contribution in [0, 0.1) is 6.92 Å². The molecular weight excluding hydrogens is 394 g/mol. The number of nitrogens with zero attached hydrogens (tertiary/aromatic N) is 4. The van der Waals surface area contributed by atoms with Crippen molar-refractivity contribution in [3.8, 4) is 11.4 Å². The summed E-state index contributed by atoms with van der Waals surface area (Å²) < 4.78 is 0.968. The largest absolute Gasteiger partial charge is 0.324 e. The molecule has 2 aromatic carbocycles. The van der Waals surface area contributed by atoms with E-state index in [1.807, 2.05) is 31.2 Å². The number of tetrazole rings is 1. The maximum atomic E-state index is 12.1. The van der Waals surface area contributed by atoms with Crippen LogP contribution in [0.2, 0.25) is 5.02 Å². The maximum absolute atomic E-state index is 12.1. The molecule has 0 spiro atoms. The van der Waals surface area contributed by atoms with Crippen molar-refractivity contribution >= 4 is 39.1 Å². The SMILES string of the molecule is Cc1c(Cl)cccc1NC(=O)Cn1nnc(-c2ccc(Br)cc2)n1. The molecular formula is C16H13BrClN5O. The molecule has 3 aromatic rings. The van der Waals surface area contributed by atoms with Crippen LogP contribution in [0.5, 0.6) is 0 Å². The molecule has 3 rings (SSSR count). The molecule has 0 aliphatic rings. The number of carbonyl (C=O) groups excluding carboxylic acids is 1. The van der Waals surface area contributed by atoms with Crippen molar-refractivity contribution in [3.05, 3.63) is 57.5 Å². The first-order valence-corrected chi connectivity index (χ1v) is 8.29. The summed E-state index contributed by atoms with van der Waals surface area (Å²) in [5.74, 6) is 0.217. The van der Waals surface area contributed by atoms with E-state index < -0.39 is 0 Å². The number of carbonyl (C=O) groups is 1. The van der Waals surface area contributed by atoms with Crippen molar-refractivity contribution in [3.63, 3.8) is 0 Å². The molecule has 0 fully saturated rings. The van der Waals surface area contributed by atoms with E-state index in [-0.39, 0.29) is 12.5 Å². The van der Waals surface area contributed by atoms with E-state index in [4.69, 9.17) is 11.6 Å². The Balaban J connectivity index is 1.69. The molecule has 0 saturated heterocycles.